The Bertz CT molecular complexity index is 1270. The van der Waals surface area contributed by atoms with Crippen molar-refractivity contribution in [3.63, 3.8) is 0 Å². The van der Waals surface area contributed by atoms with E-state index in [1.807, 2.05) is 6.92 Å². The van der Waals surface area contributed by atoms with Crippen LogP contribution in [0.3, 0.4) is 0 Å². The van der Waals surface area contributed by atoms with E-state index in [-0.39, 0.29) is 24.2 Å². The fourth-order valence-corrected chi connectivity index (χ4v) is 4.61. The van der Waals surface area contributed by atoms with Crippen LogP contribution in [0.4, 0.5) is 22.8 Å². The van der Waals surface area contributed by atoms with Gasteiger partial charge in [-0.2, -0.15) is 0 Å². The van der Waals surface area contributed by atoms with Crippen LogP contribution in [0.1, 0.15) is 36.9 Å². The van der Waals surface area contributed by atoms with Crippen LogP contribution in [0.25, 0.3) is 11.1 Å². The molecule has 1 heterocycles. The number of cyclic esters (lactones) is 1. The Morgan fingerprint density at radius 2 is 1.70 bits per heavy atom. The van der Waals surface area contributed by atoms with Gasteiger partial charge in [-0.05, 0) is 47.9 Å². The number of hydrogen-bond donors (Lipinski definition) is 2. The van der Waals surface area contributed by atoms with E-state index >= 15 is 0 Å². The largest absolute Gasteiger partial charge is 0.438 e. The standard InChI is InChI=1S/C28H28F3N3O3/c1-18(19-3-5-20(6-4-19)24-12-11-23(30)17-25(24)31)34-16-14-28(37-27(34)36,13-15-33-26(35)32-2)21-7-9-22(29)10-8-21/h3-12,17-18H,13-16H2,1-2H3,(H2,32,33,35)/t18-,28?/m0/s1. The maximum atomic E-state index is 14.2. The zero-order valence-electron chi connectivity index (χ0n) is 20.6. The molecule has 3 aromatic carbocycles. The van der Waals surface area contributed by atoms with Gasteiger partial charge in [0.15, 0.2) is 0 Å². The summed E-state index contributed by atoms with van der Waals surface area (Å²) in [6.07, 6.45) is 0.220. The third-order valence-electron chi connectivity index (χ3n) is 6.79. The Labute approximate surface area is 213 Å². The molecule has 0 aliphatic carbocycles. The fraction of sp³-hybridized carbons (Fsp3) is 0.286. The molecule has 3 aromatic rings. The van der Waals surface area contributed by atoms with Crippen LogP contribution >= 0.6 is 0 Å². The summed E-state index contributed by atoms with van der Waals surface area (Å²) < 4.78 is 47.0. The Balaban J connectivity index is 1.51. The van der Waals surface area contributed by atoms with Gasteiger partial charge in [0, 0.05) is 44.6 Å². The first-order valence-corrected chi connectivity index (χ1v) is 12.0. The van der Waals surface area contributed by atoms with Crippen molar-refractivity contribution in [2.75, 3.05) is 20.1 Å². The lowest BCUT2D eigenvalue weighted by molar-refractivity contribution is -0.0646. The summed E-state index contributed by atoms with van der Waals surface area (Å²) in [4.78, 5) is 26.5. The molecule has 0 radical (unpaired) electrons. The number of nitrogens with zero attached hydrogens (tertiary/aromatic N) is 1. The van der Waals surface area contributed by atoms with E-state index in [1.165, 1.54) is 31.3 Å². The summed E-state index contributed by atoms with van der Waals surface area (Å²) in [6, 6.07) is 15.6. The zero-order valence-corrected chi connectivity index (χ0v) is 20.6. The number of urea groups is 1. The van der Waals surface area contributed by atoms with E-state index in [2.05, 4.69) is 10.6 Å². The molecule has 6 nitrogen and oxygen atoms in total. The van der Waals surface area contributed by atoms with Gasteiger partial charge in [-0.15, -0.1) is 0 Å². The van der Waals surface area contributed by atoms with Crippen molar-refractivity contribution in [3.05, 3.63) is 95.3 Å². The third kappa shape index (κ3) is 5.71. The SMILES string of the molecule is CNC(=O)NCCC1(c2ccc(F)cc2)CCN([C@@H](C)c2ccc(-c3ccc(F)cc3F)cc2)C(=O)O1. The number of benzene rings is 3. The van der Waals surface area contributed by atoms with Gasteiger partial charge < -0.3 is 20.3 Å². The molecule has 194 valence electrons. The summed E-state index contributed by atoms with van der Waals surface area (Å²) in [5, 5.41) is 5.19. The average Bonchev–Trinajstić information content (AvgIpc) is 2.89. The number of nitrogens with one attached hydrogen (secondary N) is 2. The second-order valence-electron chi connectivity index (χ2n) is 8.99. The van der Waals surface area contributed by atoms with Crippen molar-refractivity contribution in [2.24, 2.45) is 0 Å². The van der Waals surface area contributed by atoms with E-state index in [0.717, 1.165) is 11.6 Å². The van der Waals surface area contributed by atoms with E-state index in [0.29, 0.717) is 30.5 Å². The molecule has 1 aliphatic rings. The quantitative estimate of drug-likeness (QED) is 0.416. The first-order chi connectivity index (χ1) is 17.7. The number of hydrogen-bond acceptors (Lipinski definition) is 3. The van der Waals surface area contributed by atoms with Crippen LogP contribution in [0.2, 0.25) is 0 Å². The number of halogens is 3. The number of carbonyl (C=O) groups excluding carboxylic acids is 2. The molecule has 0 aromatic heterocycles. The minimum absolute atomic E-state index is 0.251. The average molecular weight is 512 g/mol. The van der Waals surface area contributed by atoms with Gasteiger partial charge in [0.25, 0.3) is 0 Å². The Morgan fingerprint density at radius 3 is 2.32 bits per heavy atom. The van der Waals surface area contributed by atoms with E-state index in [9.17, 15) is 22.8 Å². The van der Waals surface area contributed by atoms with Gasteiger partial charge in [-0.1, -0.05) is 36.4 Å². The topological polar surface area (TPSA) is 70.7 Å². The summed E-state index contributed by atoms with van der Waals surface area (Å²) in [5.74, 6) is -1.69. The molecule has 2 atom stereocenters. The second-order valence-corrected chi connectivity index (χ2v) is 8.99. The number of carbonyl (C=O) groups is 2. The second kappa shape index (κ2) is 10.9. The molecule has 0 spiro atoms. The van der Waals surface area contributed by atoms with Crippen molar-refractivity contribution < 1.29 is 27.5 Å². The lowest BCUT2D eigenvalue weighted by atomic mass is 9.85. The Morgan fingerprint density at radius 1 is 1.03 bits per heavy atom. The zero-order chi connectivity index (χ0) is 26.6. The molecular weight excluding hydrogens is 483 g/mol. The van der Waals surface area contributed by atoms with Crippen LogP contribution in [-0.4, -0.2) is 37.2 Å². The summed E-state index contributed by atoms with van der Waals surface area (Å²) in [5.41, 5.74) is 1.32. The van der Waals surface area contributed by atoms with Crippen LogP contribution in [0, 0.1) is 17.5 Å². The number of amides is 3. The van der Waals surface area contributed by atoms with E-state index < -0.39 is 29.1 Å². The summed E-state index contributed by atoms with van der Waals surface area (Å²) >= 11 is 0. The van der Waals surface area contributed by atoms with Crippen molar-refractivity contribution >= 4 is 12.1 Å². The van der Waals surface area contributed by atoms with Crippen molar-refractivity contribution in [3.8, 4) is 11.1 Å². The molecule has 1 unspecified atom stereocenters. The van der Waals surface area contributed by atoms with Gasteiger partial charge in [0.2, 0.25) is 0 Å². The highest BCUT2D eigenvalue weighted by Crippen LogP contribution is 2.39. The molecule has 1 aliphatic heterocycles. The number of rotatable bonds is 7. The third-order valence-corrected chi connectivity index (χ3v) is 6.79. The highest BCUT2D eigenvalue weighted by atomic mass is 19.1. The maximum Gasteiger partial charge on any atom is 0.411 e. The van der Waals surface area contributed by atoms with E-state index in [1.54, 1.807) is 41.3 Å². The molecule has 3 amide bonds. The molecular formula is C28H28F3N3O3. The lowest BCUT2D eigenvalue weighted by Gasteiger charge is -2.43. The van der Waals surface area contributed by atoms with Crippen LogP contribution in [0.5, 0.6) is 0 Å². The minimum Gasteiger partial charge on any atom is -0.438 e. The molecule has 1 fully saturated rings. The maximum absolute atomic E-state index is 14.2. The number of ether oxygens (including phenoxy) is 1. The Kier molecular flexibility index (Phi) is 7.71. The van der Waals surface area contributed by atoms with Gasteiger partial charge >= 0.3 is 12.1 Å². The normalized spacial score (nSPS) is 18.2. The van der Waals surface area contributed by atoms with Gasteiger partial charge in [-0.25, -0.2) is 22.8 Å². The first-order valence-electron chi connectivity index (χ1n) is 12.0. The smallest absolute Gasteiger partial charge is 0.411 e. The van der Waals surface area contributed by atoms with Gasteiger partial charge in [0.05, 0.1) is 6.04 Å². The minimum atomic E-state index is -1.02. The van der Waals surface area contributed by atoms with Crippen LogP contribution in [0.15, 0.2) is 66.7 Å². The first kappa shape index (κ1) is 26.1. The van der Waals surface area contributed by atoms with Crippen molar-refractivity contribution in [1.29, 1.82) is 0 Å². The van der Waals surface area contributed by atoms with Crippen LogP contribution in [-0.2, 0) is 10.3 Å². The molecule has 0 bridgehead atoms. The molecule has 2 N–H and O–H groups in total. The molecule has 0 saturated carbocycles. The van der Waals surface area contributed by atoms with Crippen LogP contribution < -0.4 is 10.6 Å². The summed E-state index contributed by atoms with van der Waals surface area (Å²) in [6.45, 7) is 2.49. The predicted molar refractivity (Wildman–Crippen MR) is 133 cm³/mol. The highest BCUT2D eigenvalue weighted by Gasteiger charge is 2.43. The molecule has 1 saturated heterocycles. The molecule has 4 rings (SSSR count). The monoisotopic (exact) mass is 511 g/mol. The highest BCUT2D eigenvalue weighted by molar-refractivity contribution is 5.73. The van der Waals surface area contributed by atoms with Crippen molar-refractivity contribution in [2.45, 2.75) is 31.4 Å². The lowest BCUT2D eigenvalue weighted by Crippen LogP contribution is -2.50. The van der Waals surface area contributed by atoms with E-state index in [4.69, 9.17) is 4.74 Å². The van der Waals surface area contributed by atoms with Gasteiger partial charge in [-0.3, -0.25) is 0 Å². The summed E-state index contributed by atoms with van der Waals surface area (Å²) in [7, 11) is 1.51. The molecule has 9 heteroatoms. The Hall–Kier alpha value is -4.01. The van der Waals surface area contributed by atoms with Gasteiger partial charge in [0.1, 0.15) is 23.1 Å². The van der Waals surface area contributed by atoms with Crippen molar-refractivity contribution in [1.82, 2.24) is 15.5 Å². The molecule has 37 heavy (non-hydrogen) atoms. The fourth-order valence-electron chi connectivity index (χ4n) is 4.61. The predicted octanol–water partition coefficient (Wildman–Crippen LogP) is 5.89.